The highest BCUT2D eigenvalue weighted by atomic mass is 32.2. The second-order valence-electron chi connectivity index (χ2n) is 5.92. The van der Waals surface area contributed by atoms with Gasteiger partial charge in [-0.25, -0.2) is 5.48 Å². The Labute approximate surface area is 169 Å². The number of hydroxylamine groups is 1. The Kier molecular flexibility index (Phi) is 8.87. The number of rotatable bonds is 10. The quantitative estimate of drug-likeness (QED) is 0.264. The van der Waals surface area contributed by atoms with Gasteiger partial charge in [-0.2, -0.15) is 0 Å². The van der Waals surface area contributed by atoms with E-state index in [0.29, 0.717) is 0 Å². The van der Waals surface area contributed by atoms with Gasteiger partial charge in [-0.15, -0.1) is 23.1 Å². The van der Waals surface area contributed by atoms with Gasteiger partial charge < -0.3 is 9.80 Å². The van der Waals surface area contributed by atoms with Crippen LogP contribution in [0.1, 0.15) is 19.4 Å². The molecule has 146 valence electrons. The van der Waals surface area contributed by atoms with Crippen molar-refractivity contribution in [3.05, 3.63) is 47.4 Å². The summed E-state index contributed by atoms with van der Waals surface area (Å²) in [4.78, 5) is 17.1. The van der Waals surface area contributed by atoms with Crippen molar-refractivity contribution in [3.8, 4) is 0 Å². The van der Waals surface area contributed by atoms with Crippen LogP contribution in [0.25, 0.3) is 6.08 Å². The largest absolute Gasteiger partial charge is 0.335 e. The number of carbonyl (C=O) groups excluding carboxylic acids is 1. The zero-order chi connectivity index (χ0) is 19.6. The summed E-state index contributed by atoms with van der Waals surface area (Å²) in [5.41, 5.74) is 3.63. The van der Waals surface area contributed by atoms with Crippen LogP contribution < -0.4 is 10.4 Å². The third kappa shape index (κ3) is 6.39. The average Bonchev–Trinajstić information content (AvgIpc) is 3.24. The second kappa shape index (κ2) is 11.1. The maximum absolute atomic E-state index is 11.3. The van der Waals surface area contributed by atoms with Gasteiger partial charge in [0.1, 0.15) is 0 Å². The van der Waals surface area contributed by atoms with Gasteiger partial charge in [0.05, 0.1) is 10.7 Å². The first-order chi connectivity index (χ1) is 13.1. The molecule has 0 aliphatic carbocycles. The predicted octanol–water partition coefficient (Wildman–Crippen LogP) is 4.47. The minimum atomic E-state index is -0.541. The molecule has 5 nitrogen and oxygen atoms in total. The lowest BCUT2D eigenvalue weighted by Gasteiger charge is -2.22. The fraction of sp³-hybridized carbons (Fsp3) is 0.350. The molecule has 1 aromatic heterocycles. The molecule has 0 aliphatic heterocycles. The Morgan fingerprint density at radius 3 is 2.70 bits per heavy atom. The van der Waals surface area contributed by atoms with Gasteiger partial charge in [0, 0.05) is 30.3 Å². The molecule has 0 saturated heterocycles. The molecule has 1 amide bonds. The Bertz CT molecular complexity index is 744. The lowest BCUT2D eigenvalue weighted by atomic mass is 10.1. The van der Waals surface area contributed by atoms with E-state index in [9.17, 15) is 4.79 Å². The summed E-state index contributed by atoms with van der Waals surface area (Å²) in [5.74, 6) is 0.482. The molecule has 1 heterocycles. The van der Waals surface area contributed by atoms with Crippen LogP contribution in [0.15, 0.2) is 46.7 Å². The molecule has 0 aliphatic rings. The first-order valence-electron chi connectivity index (χ1n) is 8.97. The van der Waals surface area contributed by atoms with E-state index in [-0.39, 0.29) is 0 Å². The molecule has 7 heteroatoms. The predicted molar refractivity (Wildman–Crippen MR) is 116 cm³/mol. The van der Waals surface area contributed by atoms with Gasteiger partial charge >= 0.3 is 0 Å². The number of thiophene rings is 1. The van der Waals surface area contributed by atoms with Crippen molar-refractivity contribution in [2.75, 3.05) is 37.3 Å². The number of nitrogens with zero attached hydrogens (tertiary/aromatic N) is 2. The lowest BCUT2D eigenvalue weighted by Crippen LogP contribution is -2.25. The van der Waals surface area contributed by atoms with Crippen molar-refractivity contribution in [2.24, 2.45) is 0 Å². The van der Waals surface area contributed by atoms with Crippen LogP contribution in [0.4, 0.5) is 10.7 Å². The summed E-state index contributed by atoms with van der Waals surface area (Å²) in [6.45, 7) is 7.56. The van der Waals surface area contributed by atoms with Crippen molar-refractivity contribution in [1.82, 2.24) is 10.4 Å². The number of hydrogen-bond donors (Lipinski definition) is 2. The second-order valence-corrected chi connectivity index (χ2v) is 7.99. The van der Waals surface area contributed by atoms with Crippen LogP contribution >= 0.6 is 23.1 Å². The minimum Gasteiger partial charge on any atom is -0.335 e. The third-order valence-corrected chi connectivity index (χ3v) is 6.27. The highest BCUT2D eigenvalue weighted by molar-refractivity contribution is 7.99. The number of nitrogens with one attached hydrogen (secondary N) is 1. The van der Waals surface area contributed by atoms with Crippen LogP contribution in [-0.4, -0.2) is 48.4 Å². The number of hydrogen-bond acceptors (Lipinski definition) is 6. The Morgan fingerprint density at radius 1 is 1.30 bits per heavy atom. The monoisotopic (exact) mass is 405 g/mol. The van der Waals surface area contributed by atoms with E-state index < -0.39 is 5.91 Å². The van der Waals surface area contributed by atoms with Gasteiger partial charge in [-0.1, -0.05) is 19.9 Å². The van der Waals surface area contributed by atoms with Crippen LogP contribution in [0.5, 0.6) is 0 Å². The number of amides is 1. The molecule has 0 spiro atoms. The van der Waals surface area contributed by atoms with E-state index in [1.807, 2.05) is 23.9 Å². The number of thioether (sulfide) groups is 1. The SMILES string of the molecule is CCN(CC)CCSc1ccc(/C=C/C(=O)NO)cc1N(C)c1cccs1. The van der Waals surface area contributed by atoms with Gasteiger partial charge in [-0.3, -0.25) is 10.0 Å². The molecule has 2 rings (SSSR count). The zero-order valence-corrected chi connectivity index (χ0v) is 17.6. The normalized spacial score (nSPS) is 11.3. The fourth-order valence-electron chi connectivity index (χ4n) is 2.64. The molecule has 2 aromatic rings. The average molecular weight is 406 g/mol. The van der Waals surface area contributed by atoms with Gasteiger partial charge in [0.2, 0.25) is 0 Å². The molecule has 0 fully saturated rings. The van der Waals surface area contributed by atoms with Crippen molar-refractivity contribution in [3.63, 3.8) is 0 Å². The summed E-state index contributed by atoms with van der Waals surface area (Å²) in [6, 6.07) is 10.3. The highest BCUT2D eigenvalue weighted by Crippen LogP contribution is 2.36. The molecule has 1 aromatic carbocycles. The van der Waals surface area contributed by atoms with Crippen molar-refractivity contribution >= 4 is 45.8 Å². The van der Waals surface area contributed by atoms with E-state index in [1.54, 1.807) is 22.9 Å². The minimum absolute atomic E-state index is 0.541. The van der Waals surface area contributed by atoms with Crippen molar-refractivity contribution < 1.29 is 10.0 Å². The van der Waals surface area contributed by atoms with E-state index in [1.165, 1.54) is 11.0 Å². The van der Waals surface area contributed by atoms with Crippen LogP contribution in [0.3, 0.4) is 0 Å². The topological polar surface area (TPSA) is 55.8 Å². The van der Waals surface area contributed by atoms with Crippen LogP contribution in [-0.2, 0) is 4.79 Å². The number of carbonyl (C=O) groups is 1. The lowest BCUT2D eigenvalue weighted by molar-refractivity contribution is -0.124. The molecule has 0 bridgehead atoms. The van der Waals surface area contributed by atoms with Gasteiger partial charge in [0.15, 0.2) is 0 Å². The standard InChI is InChI=1S/C20H27N3O2S2/c1-4-23(5-2)12-14-26-18-10-8-16(9-11-19(24)21-25)15-17(18)22(3)20-7-6-13-27-20/h6-11,13,15,25H,4-5,12,14H2,1-3H3,(H,21,24)/b11-9+. The van der Waals surface area contributed by atoms with Gasteiger partial charge in [0.25, 0.3) is 5.91 Å². The van der Waals surface area contributed by atoms with Crippen molar-refractivity contribution in [2.45, 2.75) is 18.7 Å². The Hall–Kier alpha value is -1.80. The maximum atomic E-state index is 11.3. The maximum Gasteiger partial charge on any atom is 0.267 e. The highest BCUT2D eigenvalue weighted by Gasteiger charge is 2.12. The molecule has 0 saturated carbocycles. The van der Waals surface area contributed by atoms with Gasteiger partial charge in [-0.05, 0) is 54.4 Å². The molecular weight excluding hydrogens is 378 g/mol. The van der Waals surface area contributed by atoms with Crippen LogP contribution in [0.2, 0.25) is 0 Å². The molecular formula is C20H27N3O2S2. The molecule has 0 atom stereocenters. The Morgan fingerprint density at radius 2 is 2.07 bits per heavy atom. The van der Waals surface area contributed by atoms with E-state index in [2.05, 4.69) is 54.3 Å². The Balaban J connectivity index is 2.23. The third-order valence-electron chi connectivity index (χ3n) is 4.28. The fourth-order valence-corrected chi connectivity index (χ4v) is 4.42. The summed E-state index contributed by atoms with van der Waals surface area (Å²) >= 11 is 3.54. The summed E-state index contributed by atoms with van der Waals surface area (Å²) in [5, 5.41) is 11.9. The molecule has 27 heavy (non-hydrogen) atoms. The summed E-state index contributed by atoms with van der Waals surface area (Å²) in [7, 11) is 2.06. The zero-order valence-electron chi connectivity index (χ0n) is 16.0. The first kappa shape index (κ1) is 21.5. The van der Waals surface area contributed by atoms with Crippen molar-refractivity contribution in [1.29, 1.82) is 0 Å². The summed E-state index contributed by atoms with van der Waals surface area (Å²) in [6.07, 6.45) is 3.01. The number of benzene rings is 1. The van der Waals surface area contributed by atoms with E-state index in [4.69, 9.17) is 5.21 Å². The smallest absolute Gasteiger partial charge is 0.267 e. The number of anilines is 2. The summed E-state index contributed by atoms with van der Waals surface area (Å²) < 4.78 is 0. The molecule has 2 N–H and O–H groups in total. The molecule has 0 unspecified atom stereocenters. The first-order valence-corrected chi connectivity index (χ1v) is 10.8. The molecule has 0 radical (unpaired) electrons. The van der Waals surface area contributed by atoms with E-state index in [0.717, 1.165) is 41.6 Å². The van der Waals surface area contributed by atoms with E-state index >= 15 is 0 Å². The van der Waals surface area contributed by atoms with Crippen LogP contribution in [0, 0.1) is 0 Å².